The van der Waals surface area contributed by atoms with Crippen molar-refractivity contribution in [3.8, 4) is 17.2 Å². The number of nitrogens with zero attached hydrogens (tertiary/aromatic N) is 2. The zero-order valence-electron chi connectivity index (χ0n) is 17.0. The quantitative estimate of drug-likeness (QED) is 0.254. The van der Waals surface area contributed by atoms with Crippen LogP contribution in [0.15, 0.2) is 83.8 Å². The third-order valence-corrected chi connectivity index (χ3v) is 6.99. The average molecular weight is 449 g/mol. The number of hydrogen-bond acceptors (Lipinski definition) is 5. The second-order valence-electron chi connectivity index (χ2n) is 7.40. The van der Waals surface area contributed by atoms with Crippen LogP contribution in [0.25, 0.3) is 11.1 Å². The Morgan fingerprint density at radius 1 is 1.10 bits per heavy atom. The van der Waals surface area contributed by atoms with E-state index < -0.39 is 5.54 Å². The summed E-state index contributed by atoms with van der Waals surface area (Å²) in [5.41, 5.74) is 2.39. The molecule has 31 heavy (non-hydrogen) atoms. The molecule has 2 atom stereocenters. The van der Waals surface area contributed by atoms with Gasteiger partial charge >= 0.3 is 5.97 Å². The van der Waals surface area contributed by atoms with Gasteiger partial charge in [0, 0.05) is 15.8 Å². The molecule has 6 heteroatoms. The summed E-state index contributed by atoms with van der Waals surface area (Å²) in [5.74, 6) is -0.308. The SMILES string of the molecule is COC(=O)C1(N(CC#N)Sc2ccc(-c3ccc(Cl)cc3)cc2)CC1c1ccccc1. The number of nitriles is 1. The van der Waals surface area contributed by atoms with Crippen LogP contribution < -0.4 is 0 Å². The Labute approximate surface area is 191 Å². The molecule has 0 N–H and O–H groups in total. The molecule has 1 aliphatic rings. The van der Waals surface area contributed by atoms with Gasteiger partial charge in [0.05, 0.1) is 19.7 Å². The maximum Gasteiger partial charge on any atom is 0.327 e. The van der Waals surface area contributed by atoms with Crippen molar-refractivity contribution >= 4 is 29.5 Å². The number of carbonyl (C=O) groups is 1. The second kappa shape index (κ2) is 9.15. The fraction of sp³-hybridized carbons (Fsp3) is 0.200. The number of carbonyl (C=O) groups excluding carboxylic acids is 1. The highest BCUT2D eigenvalue weighted by molar-refractivity contribution is 7.97. The predicted octanol–water partition coefficient (Wildman–Crippen LogP) is 5.94. The lowest BCUT2D eigenvalue weighted by atomic mass is 10.1. The van der Waals surface area contributed by atoms with Crippen molar-refractivity contribution in [3.05, 3.63) is 89.4 Å². The van der Waals surface area contributed by atoms with Gasteiger partial charge in [0.2, 0.25) is 0 Å². The number of benzene rings is 3. The highest BCUT2D eigenvalue weighted by Gasteiger charge is 2.65. The second-order valence-corrected chi connectivity index (χ2v) is 8.93. The third-order valence-electron chi connectivity index (χ3n) is 5.58. The molecule has 0 heterocycles. The Hall–Kier alpha value is -2.78. The molecule has 4 nitrogen and oxygen atoms in total. The summed E-state index contributed by atoms with van der Waals surface area (Å²) in [4.78, 5) is 13.8. The van der Waals surface area contributed by atoms with Crippen LogP contribution in [-0.4, -0.2) is 29.5 Å². The van der Waals surface area contributed by atoms with Crippen LogP contribution in [0.3, 0.4) is 0 Å². The molecule has 156 valence electrons. The third kappa shape index (κ3) is 4.33. The molecule has 4 rings (SSSR count). The van der Waals surface area contributed by atoms with Crippen molar-refractivity contribution in [2.45, 2.75) is 22.8 Å². The summed E-state index contributed by atoms with van der Waals surface area (Å²) < 4.78 is 7.04. The van der Waals surface area contributed by atoms with Gasteiger partial charge in [-0.15, -0.1) is 0 Å². The van der Waals surface area contributed by atoms with Gasteiger partial charge in [0.15, 0.2) is 0 Å². The van der Waals surface area contributed by atoms with Gasteiger partial charge in [-0.2, -0.15) is 5.26 Å². The molecule has 0 aliphatic heterocycles. The average Bonchev–Trinajstić information content (AvgIpc) is 3.57. The normalized spacial score (nSPS) is 19.6. The molecule has 0 radical (unpaired) electrons. The minimum Gasteiger partial charge on any atom is -0.468 e. The highest BCUT2D eigenvalue weighted by atomic mass is 35.5. The van der Waals surface area contributed by atoms with Crippen LogP contribution in [0.2, 0.25) is 5.02 Å². The monoisotopic (exact) mass is 448 g/mol. The molecule has 3 aromatic rings. The molecule has 1 fully saturated rings. The Morgan fingerprint density at radius 2 is 1.71 bits per heavy atom. The summed E-state index contributed by atoms with van der Waals surface area (Å²) >= 11 is 7.40. The lowest BCUT2D eigenvalue weighted by molar-refractivity contribution is -0.146. The molecule has 0 amide bonds. The van der Waals surface area contributed by atoms with Gasteiger partial charge in [-0.05, 0) is 59.3 Å². The van der Waals surface area contributed by atoms with E-state index in [1.807, 2.05) is 83.2 Å². The fourth-order valence-corrected chi connectivity index (χ4v) is 5.11. The van der Waals surface area contributed by atoms with Gasteiger partial charge in [0.25, 0.3) is 0 Å². The Bertz CT molecular complexity index is 1100. The van der Waals surface area contributed by atoms with Crippen LogP contribution in [0.5, 0.6) is 0 Å². The van der Waals surface area contributed by atoms with Gasteiger partial charge in [0.1, 0.15) is 5.54 Å². The first-order valence-corrected chi connectivity index (χ1v) is 11.1. The first-order chi connectivity index (χ1) is 15.1. The summed E-state index contributed by atoms with van der Waals surface area (Å²) in [6.07, 6.45) is 0.626. The Morgan fingerprint density at radius 3 is 2.29 bits per heavy atom. The summed E-state index contributed by atoms with van der Waals surface area (Å²) in [5, 5.41) is 10.2. The van der Waals surface area contributed by atoms with E-state index in [0.29, 0.717) is 11.4 Å². The summed E-state index contributed by atoms with van der Waals surface area (Å²) in [6, 6.07) is 27.9. The maximum atomic E-state index is 12.9. The number of esters is 1. The van der Waals surface area contributed by atoms with Crippen molar-refractivity contribution < 1.29 is 9.53 Å². The molecule has 1 saturated carbocycles. The first kappa shape index (κ1) is 21.5. The van der Waals surface area contributed by atoms with Crippen molar-refractivity contribution in [1.82, 2.24) is 4.31 Å². The highest BCUT2D eigenvalue weighted by Crippen LogP contribution is 2.58. The van der Waals surface area contributed by atoms with Crippen LogP contribution in [0.4, 0.5) is 0 Å². The minimum atomic E-state index is -0.842. The fourth-order valence-electron chi connectivity index (χ4n) is 3.91. The van der Waals surface area contributed by atoms with Crippen molar-refractivity contribution in [1.29, 1.82) is 5.26 Å². The summed E-state index contributed by atoms with van der Waals surface area (Å²) in [7, 11) is 1.40. The Kier molecular flexibility index (Phi) is 6.33. The number of halogens is 1. The molecular formula is C25H21ClN2O2S. The van der Waals surface area contributed by atoms with Crippen LogP contribution in [0, 0.1) is 11.3 Å². The van der Waals surface area contributed by atoms with E-state index in [1.54, 1.807) is 0 Å². The zero-order chi connectivity index (χ0) is 21.8. The maximum absolute atomic E-state index is 12.9. The molecule has 1 aliphatic carbocycles. The first-order valence-electron chi connectivity index (χ1n) is 9.90. The van der Waals surface area contributed by atoms with Crippen molar-refractivity contribution in [2.75, 3.05) is 13.7 Å². The van der Waals surface area contributed by atoms with E-state index in [0.717, 1.165) is 21.6 Å². The largest absolute Gasteiger partial charge is 0.468 e. The van der Waals surface area contributed by atoms with E-state index in [1.165, 1.54) is 19.1 Å². The lowest BCUT2D eigenvalue weighted by Crippen LogP contribution is -2.41. The minimum absolute atomic E-state index is 0.00431. The molecular weight excluding hydrogens is 428 g/mol. The van der Waals surface area contributed by atoms with Gasteiger partial charge in [-0.1, -0.05) is 66.2 Å². The molecule has 0 aromatic heterocycles. The van der Waals surface area contributed by atoms with Crippen molar-refractivity contribution in [3.63, 3.8) is 0 Å². The number of ether oxygens (including phenoxy) is 1. The van der Waals surface area contributed by atoms with Crippen LogP contribution in [0.1, 0.15) is 17.9 Å². The molecule has 0 spiro atoms. The summed E-state index contributed by atoms with van der Waals surface area (Å²) in [6.45, 7) is 0.113. The van der Waals surface area contributed by atoms with Gasteiger partial charge in [-0.3, -0.25) is 0 Å². The number of rotatable bonds is 7. The van der Waals surface area contributed by atoms with Crippen LogP contribution >= 0.6 is 23.5 Å². The smallest absolute Gasteiger partial charge is 0.327 e. The lowest BCUT2D eigenvalue weighted by Gasteiger charge is -2.28. The van der Waals surface area contributed by atoms with E-state index >= 15 is 0 Å². The van der Waals surface area contributed by atoms with E-state index in [9.17, 15) is 10.1 Å². The van der Waals surface area contributed by atoms with Crippen molar-refractivity contribution in [2.24, 2.45) is 0 Å². The molecule has 0 bridgehead atoms. The number of hydrogen-bond donors (Lipinski definition) is 0. The molecule has 3 aromatic carbocycles. The zero-order valence-corrected chi connectivity index (χ0v) is 18.6. The molecule has 0 saturated heterocycles. The van der Waals surface area contributed by atoms with E-state index in [2.05, 4.69) is 6.07 Å². The predicted molar refractivity (Wildman–Crippen MR) is 124 cm³/mol. The van der Waals surface area contributed by atoms with Gasteiger partial charge in [-0.25, -0.2) is 9.10 Å². The van der Waals surface area contributed by atoms with E-state index in [-0.39, 0.29) is 18.4 Å². The Balaban J connectivity index is 1.59. The van der Waals surface area contributed by atoms with Gasteiger partial charge < -0.3 is 4.74 Å². The molecule has 2 unspecified atom stereocenters. The number of methoxy groups -OCH3 is 1. The topological polar surface area (TPSA) is 53.3 Å². The van der Waals surface area contributed by atoms with E-state index in [4.69, 9.17) is 16.3 Å². The van der Waals surface area contributed by atoms with Crippen LogP contribution in [-0.2, 0) is 9.53 Å². The standard InChI is InChI=1S/C25H21ClN2O2S/c1-30-24(29)25(17-23(25)20-5-3-2-4-6-20)28(16-15-27)31-22-13-9-19(10-14-22)18-7-11-21(26)12-8-18/h2-14,23H,16-17H2,1H3.